The topological polar surface area (TPSA) is 36.0 Å². The molecule has 1 fully saturated rings. The normalized spacial score (nSPS) is 15.8. The van der Waals surface area contributed by atoms with Crippen molar-refractivity contribution in [2.45, 2.75) is 18.4 Å². The third-order valence-corrected chi connectivity index (χ3v) is 7.71. The lowest BCUT2D eigenvalue weighted by atomic mass is 10.1. The monoisotopic (exact) mass is 473 g/mol. The van der Waals surface area contributed by atoms with Gasteiger partial charge in [-0.2, -0.15) is 0 Å². The Balaban J connectivity index is 1.27. The molecule has 0 aliphatic carbocycles. The Morgan fingerprint density at radius 3 is 2.35 bits per heavy atom. The maximum Gasteiger partial charge on any atom is 0.254 e. The Morgan fingerprint density at radius 1 is 0.912 bits per heavy atom. The Labute approximate surface area is 206 Å². The Morgan fingerprint density at radius 2 is 1.65 bits per heavy atom. The molecule has 0 unspecified atom stereocenters. The minimum atomic E-state index is 0.128. The van der Waals surface area contributed by atoms with Gasteiger partial charge in [-0.15, -0.1) is 11.8 Å². The minimum absolute atomic E-state index is 0.128. The van der Waals surface area contributed by atoms with E-state index in [-0.39, 0.29) is 5.91 Å². The van der Waals surface area contributed by atoms with Crippen LogP contribution in [0.4, 0.5) is 11.4 Å². The van der Waals surface area contributed by atoms with Crippen LogP contribution in [0.2, 0.25) is 0 Å². The first-order chi connectivity index (χ1) is 16.6. The van der Waals surface area contributed by atoms with E-state index in [1.165, 1.54) is 27.4 Å². The number of carbonyl (C=O) groups excluding carboxylic acids is 1. The van der Waals surface area contributed by atoms with Crippen LogP contribution in [0.5, 0.6) is 5.75 Å². The first-order valence-electron chi connectivity index (χ1n) is 11.9. The highest BCUT2D eigenvalue weighted by Gasteiger charge is 2.25. The van der Waals surface area contributed by atoms with Crippen LogP contribution in [0.15, 0.2) is 71.6 Å². The minimum Gasteiger partial charge on any atom is -0.497 e. The standard InChI is InChI=1S/C28H31N3O2S/c1-21-3-5-22(6-4-21)20-31-17-18-34-27-12-7-23(19-26(27)31)28(32)30-15-13-29(14-16-30)24-8-10-25(33-2)11-9-24/h3-12,19H,13-18,20H2,1-2H3. The zero-order chi connectivity index (χ0) is 23.5. The molecule has 0 bridgehead atoms. The lowest BCUT2D eigenvalue weighted by molar-refractivity contribution is 0.0746. The summed E-state index contributed by atoms with van der Waals surface area (Å²) >= 11 is 1.88. The van der Waals surface area contributed by atoms with Crippen LogP contribution in [0.3, 0.4) is 0 Å². The summed E-state index contributed by atoms with van der Waals surface area (Å²) in [5, 5.41) is 0. The van der Waals surface area contributed by atoms with Gasteiger partial charge in [0.05, 0.1) is 12.8 Å². The lowest BCUT2D eigenvalue weighted by Gasteiger charge is -2.36. The molecular formula is C28H31N3O2S. The van der Waals surface area contributed by atoms with E-state index in [0.29, 0.717) is 0 Å². The first kappa shape index (κ1) is 22.7. The van der Waals surface area contributed by atoms with Gasteiger partial charge in [0, 0.05) is 61.2 Å². The van der Waals surface area contributed by atoms with Gasteiger partial charge in [-0.25, -0.2) is 0 Å². The van der Waals surface area contributed by atoms with Crippen LogP contribution < -0.4 is 14.5 Å². The van der Waals surface area contributed by atoms with Crippen molar-refractivity contribution < 1.29 is 9.53 Å². The summed E-state index contributed by atoms with van der Waals surface area (Å²) in [6.45, 7) is 7.09. The molecule has 0 N–H and O–H groups in total. The smallest absolute Gasteiger partial charge is 0.254 e. The zero-order valence-corrected chi connectivity index (χ0v) is 20.7. The fourth-order valence-electron chi connectivity index (χ4n) is 4.63. The highest BCUT2D eigenvalue weighted by Crippen LogP contribution is 2.36. The molecule has 0 atom stereocenters. The van der Waals surface area contributed by atoms with Crippen molar-refractivity contribution in [3.63, 3.8) is 0 Å². The quantitative estimate of drug-likeness (QED) is 0.517. The molecule has 3 aromatic rings. The van der Waals surface area contributed by atoms with Gasteiger partial charge in [-0.1, -0.05) is 29.8 Å². The number of ether oxygens (including phenoxy) is 1. The van der Waals surface area contributed by atoms with Crippen molar-refractivity contribution in [2.24, 2.45) is 0 Å². The molecule has 0 spiro atoms. The largest absolute Gasteiger partial charge is 0.497 e. The number of hydrogen-bond donors (Lipinski definition) is 0. The highest BCUT2D eigenvalue weighted by atomic mass is 32.2. The maximum atomic E-state index is 13.4. The van der Waals surface area contributed by atoms with E-state index in [0.717, 1.165) is 56.3 Å². The molecule has 176 valence electrons. The second-order valence-electron chi connectivity index (χ2n) is 8.92. The number of methoxy groups -OCH3 is 1. The van der Waals surface area contributed by atoms with Crippen LogP contribution >= 0.6 is 11.8 Å². The van der Waals surface area contributed by atoms with Gasteiger partial charge in [0.2, 0.25) is 0 Å². The first-order valence-corrected chi connectivity index (χ1v) is 12.8. The van der Waals surface area contributed by atoms with E-state index in [4.69, 9.17) is 4.74 Å². The van der Waals surface area contributed by atoms with Crippen molar-refractivity contribution in [1.82, 2.24) is 4.90 Å². The molecule has 0 saturated carbocycles. The van der Waals surface area contributed by atoms with Gasteiger partial charge in [-0.05, 0) is 55.0 Å². The number of aryl methyl sites for hydroxylation is 1. The van der Waals surface area contributed by atoms with E-state index < -0.39 is 0 Å². The molecule has 2 heterocycles. The summed E-state index contributed by atoms with van der Waals surface area (Å²) in [7, 11) is 1.68. The van der Waals surface area contributed by atoms with E-state index in [9.17, 15) is 4.79 Å². The number of amides is 1. The van der Waals surface area contributed by atoms with Crippen LogP contribution in [0.1, 0.15) is 21.5 Å². The molecule has 3 aromatic carbocycles. The number of hydrogen-bond acceptors (Lipinski definition) is 5. The molecule has 5 nitrogen and oxygen atoms in total. The van der Waals surface area contributed by atoms with Crippen molar-refractivity contribution in [3.8, 4) is 5.75 Å². The number of piperazine rings is 1. The molecule has 0 radical (unpaired) electrons. The van der Waals surface area contributed by atoms with Crippen LogP contribution in [0.25, 0.3) is 0 Å². The molecule has 6 heteroatoms. The molecular weight excluding hydrogens is 442 g/mol. The van der Waals surface area contributed by atoms with E-state index in [1.807, 2.05) is 34.9 Å². The summed E-state index contributed by atoms with van der Waals surface area (Å²) in [5.41, 5.74) is 5.71. The van der Waals surface area contributed by atoms with Crippen LogP contribution in [0, 0.1) is 6.92 Å². The SMILES string of the molecule is COc1ccc(N2CCN(C(=O)c3ccc4c(c3)N(Cc3ccc(C)cc3)CCS4)CC2)cc1. The van der Waals surface area contributed by atoms with E-state index in [2.05, 4.69) is 65.3 Å². The number of fused-ring (bicyclic) bond motifs is 1. The van der Waals surface area contributed by atoms with Gasteiger partial charge in [0.15, 0.2) is 0 Å². The summed E-state index contributed by atoms with van der Waals surface area (Å²) in [5.74, 6) is 2.06. The van der Waals surface area contributed by atoms with Crippen molar-refractivity contribution in [1.29, 1.82) is 0 Å². The number of thioether (sulfide) groups is 1. The van der Waals surface area contributed by atoms with Gasteiger partial charge in [-0.3, -0.25) is 4.79 Å². The van der Waals surface area contributed by atoms with Gasteiger partial charge in [0.1, 0.15) is 5.75 Å². The van der Waals surface area contributed by atoms with Gasteiger partial charge < -0.3 is 19.4 Å². The van der Waals surface area contributed by atoms with Crippen LogP contribution in [-0.4, -0.2) is 56.4 Å². The van der Waals surface area contributed by atoms with E-state index >= 15 is 0 Å². The third kappa shape index (κ3) is 4.87. The second kappa shape index (κ2) is 10.0. The lowest BCUT2D eigenvalue weighted by Crippen LogP contribution is -2.48. The number of carbonyl (C=O) groups is 1. The van der Waals surface area contributed by atoms with Gasteiger partial charge in [0.25, 0.3) is 5.91 Å². The summed E-state index contributed by atoms with van der Waals surface area (Å²) in [6.07, 6.45) is 0. The third-order valence-electron chi connectivity index (χ3n) is 6.66. The number of rotatable bonds is 5. The summed E-state index contributed by atoms with van der Waals surface area (Å²) in [4.78, 5) is 21.4. The Hall–Kier alpha value is -3.12. The molecule has 5 rings (SSSR count). The van der Waals surface area contributed by atoms with Gasteiger partial charge >= 0.3 is 0 Å². The molecule has 34 heavy (non-hydrogen) atoms. The molecule has 2 aliphatic heterocycles. The fourth-order valence-corrected chi connectivity index (χ4v) is 5.66. The summed E-state index contributed by atoms with van der Waals surface area (Å²) in [6, 6.07) is 23.1. The highest BCUT2D eigenvalue weighted by molar-refractivity contribution is 7.99. The average Bonchev–Trinajstić information content (AvgIpc) is 2.90. The zero-order valence-electron chi connectivity index (χ0n) is 19.9. The Bertz CT molecular complexity index is 1140. The number of anilines is 2. The summed E-state index contributed by atoms with van der Waals surface area (Å²) < 4.78 is 5.26. The van der Waals surface area contributed by atoms with Crippen LogP contribution in [-0.2, 0) is 6.54 Å². The predicted molar refractivity (Wildman–Crippen MR) is 141 cm³/mol. The molecule has 0 aromatic heterocycles. The predicted octanol–water partition coefficient (Wildman–Crippen LogP) is 5.08. The maximum absolute atomic E-state index is 13.4. The van der Waals surface area contributed by atoms with Crippen molar-refractivity contribution in [3.05, 3.63) is 83.4 Å². The number of nitrogens with zero attached hydrogens (tertiary/aromatic N) is 3. The molecule has 2 aliphatic rings. The molecule has 1 saturated heterocycles. The van der Waals surface area contributed by atoms with Crippen molar-refractivity contribution >= 4 is 29.0 Å². The Kier molecular flexibility index (Phi) is 6.68. The van der Waals surface area contributed by atoms with E-state index in [1.54, 1.807) is 7.11 Å². The fraction of sp³-hybridized carbons (Fsp3) is 0.321. The van der Waals surface area contributed by atoms with Crippen molar-refractivity contribution in [2.75, 3.05) is 55.4 Å². The number of benzene rings is 3. The average molecular weight is 474 g/mol. The molecule has 1 amide bonds. The second-order valence-corrected chi connectivity index (χ2v) is 10.1.